The molecule has 1 aromatic rings. The molecule has 0 saturated carbocycles. The van der Waals surface area contributed by atoms with Gasteiger partial charge in [-0.3, -0.25) is 9.59 Å². The van der Waals surface area contributed by atoms with Gasteiger partial charge < -0.3 is 4.90 Å². The standard InChI is InChI=1S/C14H16ClNO2S/c1-9-4-3-5-12(14(9)15)16-7-11(6-13(16)18)8-19-10(2)17/h3-5,11H,6-8H2,1-2H3. The molecule has 1 atom stereocenters. The van der Waals surface area contributed by atoms with Gasteiger partial charge in [0.2, 0.25) is 5.91 Å². The molecule has 0 bridgehead atoms. The lowest BCUT2D eigenvalue weighted by Gasteiger charge is -2.19. The largest absolute Gasteiger partial charge is 0.311 e. The van der Waals surface area contributed by atoms with Gasteiger partial charge in [0.05, 0.1) is 10.7 Å². The van der Waals surface area contributed by atoms with E-state index in [0.717, 1.165) is 11.3 Å². The van der Waals surface area contributed by atoms with E-state index in [9.17, 15) is 9.59 Å². The van der Waals surface area contributed by atoms with E-state index in [4.69, 9.17) is 11.6 Å². The number of halogens is 1. The van der Waals surface area contributed by atoms with E-state index < -0.39 is 0 Å². The Bertz CT molecular complexity index is 518. The number of amides is 1. The minimum absolute atomic E-state index is 0.0849. The van der Waals surface area contributed by atoms with Crippen LogP contribution in [0.4, 0.5) is 5.69 Å². The van der Waals surface area contributed by atoms with E-state index in [1.54, 1.807) is 11.8 Å². The van der Waals surface area contributed by atoms with Crippen molar-refractivity contribution in [2.45, 2.75) is 20.3 Å². The molecule has 1 fully saturated rings. The molecule has 1 aromatic carbocycles. The molecule has 3 nitrogen and oxygen atoms in total. The summed E-state index contributed by atoms with van der Waals surface area (Å²) in [6.07, 6.45) is 0.491. The maximum Gasteiger partial charge on any atom is 0.227 e. The van der Waals surface area contributed by atoms with Gasteiger partial charge >= 0.3 is 0 Å². The number of benzene rings is 1. The van der Waals surface area contributed by atoms with Gasteiger partial charge in [-0.1, -0.05) is 35.5 Å². The number of thioether (sulfide) groups is 1. The van der Waals surface area contributed by atoms with Crippen molar-refractivity contribution in [3.8, 4) is 0 Å². The fourth-order valence-electron chi connectivity index (χ4n) is 2.20. The molecule has 1 aliphatic heterocycles. The molecule has 1 amide bonds. The molecular formula is C14H16ClNO2S. The number of hydrogen-bond acceptors (Lipinski definition) is 3. The first-order chi connectivity index (χ1) is 8.99. The molecule has 0 radical (unpaired) electrons. The van der Waals surface area contributed by atoms with Crippen molar-refractivity contribution in [1.29, 1.82) is 0 Å². The summed E-state index contributed by atoms with van der Waals surface area (Å²) < 4.78 is 0. The fourth-order valence-corrected chi connectivity index (χ4v) is 3.12. The summed E-state index contributed by atoms with van der Waals surface area (Å²) in [6.45, 7) is 4.12. The second-order valence-corrected chi connectivity index (χ2v) is 6.36. The van der Waals surface area contributed by atoms with E-state index in [2.05, 4.69) is 0 Å². The number of carbonyl (C=O) groups is 2. The van der Waals surface area contributed by atoms with Crippen LogP contribution in [0.15, 0.2) is 18.2 Å². The molecule has 0 aliphatic carbocycles. The number of aryl methyl sites for hydroxylation is 1. The molecule has 0 aromatic heterocycles. The molecule has 2 rings (SSSR count). The van der Waals surface area contributed by atoms with Crippen molar-refractivity contribution in [3.05, 3.63) is 28.8 Å². The molecule has 5 heteroatoms. The molecular weight excluding hydrogens is 282 g/mol. The number of nitrogens with zero attached hydrogens (tertiary/aromatic N) is 1. The first-order valence-corrected chi connectivity index (χ1v) is 7.54. The number of carbonyl (C=O) groups excluding carboxylic acids is 2. The molecule has 1 saturated heterocycles. The van der Waals surface area contributed by atoms with Crippen LogP contribution in [-0.2, 0) is 9.59 Å². The fraction of sp³-hybridized carbons (Fsp3) is 0.429. The third-order valence-electron chi connectivity index (χ3n) is 3.19. The van der Waals surface area contributed by atoms with E-state index in [1.165, 1.54) is 11.8 Å². The van der Waals surface area contributed by atoms with Crippen molar-refractivity contribution >= 4 is 40.1 Å². The maximum atomic E-state index is 12.1. The van der Waals surface area contributed by atoms with Crippen molar-refractivity contribution in [1.82, 2.24) is 0 Å². The van der Waals surface area contributed by atoms with Crippen LogP contribution in [0.2, 0.25) is 5.02 Å². The monoisotopic (exact) mass is 297 g/mol. The van der Waals surface area contributed by atoms with Crippen LogP contribution < -0.4 is 4.90 Å². The summed E-state index contributed by atoms with van der Waals surface area (Å²) >= 11 is 7.54. The Balaban J connectivity index is 2.11. The Morgan fingerprint density at radius 3 is 2.95 bits per heavy atom. The van der Waals surface area contributed by atoms with Gasteiger partial charge in [-0.25, -0.2) is 0 Å². The first kappa shape index (κ1) is 14.4. The average molecular weight is 298 g/mol. The predicted molar refractivity (Wildman–Crippen MR) is 79.8 cm³/mol. The predicted octanol–water partition coefficient (Wildman–Crippen LogP) is 3.28. The summed E-state index contributed by atoms with van der Waals surface area (Å²) in [5.74, 6) is 1.00. The lowest BCUT2D eigenvalue weighted by Crippen LogP contribution is -2.25. The third kappa shape index (κ3) is 3.31. The molecule has 0 spiro atoms. The van der Waals surface area contributed by atoms with Crippen LogP contribution in [-0.4, -0.2) is 23.3 Å². The van der Waals surface area contributed by atoms with Crippen LogP contribution in [0.5, 0.6) is 0 Å². The minimum atomic E-state index is 0.0849. The molecule has 1 unspecified atom stereocenters. The second kappa shape index (κ2) is 5.97. The van der Waals surface area contributed by atoms with Crippen LogP contribution in [0.3, 0.4) is 0 Å². The molecule has 1 aliphatic rings. The highest BCUT2D eigenvalue weighted by atomic mass is 35.5. The van der Waals surface area contributed by atoms with Crippen molar-refractivity contribution in [2.24, 2.45) is 5.92 Å². The Labute approximate surface area is 122 Å². The number of anilines is 1. The van der Waals surface area contributed by atoms with Crippen molar-refractivity contribution < 1.29 is 9.59 Å². The zero-order chi connectivity index (χ0) is 14.0. The highest BCUT2D eigenvalue weighted by Crippen LogP contribution is 2.34. The highest BCUT2D eigenvalue weighted by molar-refractivity contribution is 8.13. The van der Waals surface area contributed by atoms with E-state index in [0.29, 0.717) is 23.7 Å². The van der Waals surface area contributed by atoms with Crippen LogP contribution in [0, 0.1) is 12.8 Å². The summed E-state index contributed by atoms with van der Waals surface area (Å²) in [5.41, 5.74) is 1.75. The Hall–Kier alpha value is -1.00. The highest BCUT2D eigenvalue weighted by Gasteiger charge is 2.31. The third-order valence-corrected chi connectivity index (χ3v) is 4.73. The van der Waals surface area contributed by atoms with Crippen LogP contribution >= 0.6 is 23.4 Å². The zero-order valence-corrected chi connectivity index (χ0v) is 12.6. The number of rotatable bonds is 3. The van der Waals surface area contributed by atoms with E-state index in [1.807, 2.05) is 25.1 Å². The van der Waals surface area contributed by atoms with Gasteiger partial charge in [0.25, 0.3) is 0 Å². The molecule has 0 N–H and O–H groups in total. The average Bonchev–Trinajstić information content (AvgIpc) is 2.71. The van der Waals surface area contributed by atoms with Crippen molar-refractivity contribution in [3.63, 3.8) is 0 Å². The summed E-state index contributed by atoms with van der Waals surface area (Å²) in [5, 5.41) is 0.732. The zero-order valence-electron chi connectivity index (χ0n) is 11.0. The second-order valence-electron chi connectivity index (χ2n) is 4.79. The number of hydrogen-bond donors (Lipinski definition) is 0. The van der Waals surface area contributed by atoms with Crippen LogP contribution in [0.25, 0.3) is 0 Å². The quantitative estimate of drug-likeness (QED) is 0.859. The minimum Gasteiger partial charge on any atom is -0.311 e. The molecule has 102 valence electrons. The van der Waals surface area contributed by atoms with Crippen LogP contribution in [0.1, 0.15) is 18.9 Å². The SMILES string of the molecule is CC(=O)SCC1CC(=O)N(c2cccc(C)c2Cl)C1. The summed E-state index contributed by atoms with van der Waals surface area (Å²) in [7, 11) is 0. The summed E-state index contributed by atoms with van der Waals surface area (Å²) in [6, 6.07) is 5.70. The van der Waals surface area contributed by atoms with Gasteiger partial charge in [-0.05, 0) is 24.5 Å². The topological polar surface area (TPSA) is 37.4 Å². The van der Waals surface area contributed by atoms with Gasteiger partial charge in [0.1, 0.15) is 0 Å². The van der Waals surface area contributed by atoms with E-state index >= 15 is 0 Å². The van der Waals surface area contributed by atoms with Gasteiger partial charge in [0.15, 0.2) is 5.12 Å². The lowest BCUT2D eigenvalue weighted by atomic mass is 10.1. The Morgan fingerprint density at radius 1 is 1.53 bits per heavy atom. The normalized spacial score (nSPS) is 19.0. The van der Waals surface area contributed by atoms with Gasteiger partial charge in [-0.2, -0.15) is 0 Å². The molecule has 1 heterocycles. The smallest absolute Gasteiger partial charge is 0.227 e. The Morgan fingerprint density at radius 2 is 2.26 bits per heavy atom. The van der Waals surface area contributed by atoms with Gasteiger partial charge in [0, 0.05) is 25.6 Å². The van der Waals surface area contributed by atoms with Gasteiger partial charge in [-0.15, -0.1) is 0 Å². The maximum absolute atomic E-state index is 12.1. The van der Waals surface area contributed by atoms with E-state index in [-0.39, 0.29) is 16.9 Å². The first-order valence-electron chi connectivity index (χ1n) is 6.18. The lowest BCUT2D eigenvalue weighted by molar-refractivity contribution is -0.117. The van der Waals surface area contributed by atoms with Crippen molar-refractivity contribution in [2.75, 3.05) is 17.2 Å². The summed E-state index contributed by atoms with van der Waals surface area (Å²) in [4.78, 5) is 24.8. The molecule has 19 heavy (non-hydrogen) atoms. The Kier molecular flexibility index (Phi) is 4.53.